The van der Waals surface area contributed by atoms with Crippen LogP contribution in [0.2, 0.25) is 0 Å². The molecule has 31 heavy (non-hydrogen) atoms. The molecular formula is C18H35N7O5S. The van der Waals surface area contributed by atoms with E-state index in [9.17, 15) is 19.2 Å². The van der Waals surface area contributed by atoms with Crippen LogP contribution in [0.5, 0.6) is 0 Å². The molecule has 3 unspecified atom stereocenters. The number of amides is 3. The van der Waals surface area contributed by atoms with Gasteiger partial charge in [0.1, 0.15) is 18.6 Å². The van der Waals surface area contributed by atoms with Gasteiger partial charge in [0.05, 0.1) is 6.04 Å². The summed E-state index contributed by atoms with van der Waals surface area (Å²) in [4.78, 5) is 52.0. The Kier molecular flexibility index (Phi) is 14.0. The molecule has 0 fully saturated rings. The summed E-state index contributed by atoms with van der Waals surface area (Å²) in [5.41, 5.74) is 16.4. The van der Waals surface area contributed by atoms with Crippen LogP contribution in [-0.2, 0) is 19.2 Å². The molecule has 0 rings (SSSR count). The lowest BCUT2D eigenvalue weighted by molar-refractivity contribution is -0.139. The van der Waals surface area contributed by atoms with Gasteiger partial charge in [0, 0.05) is 6.54 Å². The van der Waals surface area contributed by atoms with Gasteiger partial charge in [-0.3, -0.25) is 24.2 Å². The van der Waals surface area contributed by atoms with Gasteiger partial charge in [0.15, 0.2) is 5.96 Å². The summed E-state index contributed by atoms with van der Waals surface area (Å²) in [6.07, 6.45) is 3.02. The Labute approximate surface area is 186 Å². The lowest BCUT2D eigenvalue weighted by Gasteiger charge is -2.25. The first kappa shape index (κ1) is 28.5. The largest absolute Gasteiger partial charge is 0.480 e. The molecule has 0 heterocycles. The Morgan fingerprint density at radius 2 is 1.68 bits per heavy atom. The molecule has 3 amide bonds. The zero-order chi connectivity index (χ0) is 24.0. The summed E-state index contributed by atoms with van der Waals surface area (Å²) in [6.45, 7) is 3.21. The predicted molar refractivity (Wildman–Crippen MR) is 120 cm³/mol. The molecule has 13 heteroatoms. The van der Waals surface area contributed by atoms with Gasteiger partial charge in [-0.25, -0.2) is 0 Å². The van der Waals surface area contributed by atoms with Crippen molar-refractivity contribution < 1.29 is 24.3 Å². The van der Waals surface area contributed by atoms with Crippen molar-refractivity contribution in [3.05, 3.63) is 0 Å². The maximum atomic E-state index is 12.8. The predicted octanol–water partition coefficient (Wildman–Crippen LogP) is -2.05. The molecule has 0 aliphatic rings. The minimum atomic E-state index is -1.19. The van der Waals surface area contributed by atoms with Crippen LogP contribution in [-0.4, -0.2) is 78.0 Å². The van der Waals surface area contributed by atoms with Crippen LogP contribution in [0, 0.1) is 5.92 Å². The summed E-state index contributed by atoms with van der Waals surface area (Å²) >= 11 is 1.50. The van der Waals surface area contributed by atoms with Crippen LogP contribution >= 0.6 is 11.8 Å². The normalized spacial score (nSPS) is 13.6. The van der Waals surface area contributed by atoms with E-state index < -0.39 is 48.4 Å². The summed E-state index contributed by atoms with van der Waals surface area (Å²) in [5, 5.41) is 16.2. The van der Waals surface area contributed by atoms with Crippen molar-refractivity contribution >= 4 is 41.4 Å². The number of nitrogens with one attached hydrogen (secondary N) is 3. The zero-order valence-corrected chi connectivity index (χ0v) is 19.0. The Morgan fingerprint density at radius 3 is 2.19 bits per heavy atom. The second kappa shape index (κ2) is 15.3. The number of aliphatic carboxylic acids is 1. The molecule has 0 aromatic heterocycles. The third-order valence-corrected chi connectivity index (χ3v) is 4.85. The van der Waals surface area contributed by atoms with Gasteiger partial charge in [-0.05, 0) is 37.2 Å². The van der Waals surface area contributed by atoms with E-state index in [1.807, 2.05) is 6.26 Å². The maximum Gasteiger partial charge on any atom is 0.322 e. The molecule has 0 radical (unpaired) electrons. The van der Waals surface area contributed by atoms with Crippen molar-refractivity contribution in [2.75, 3.05) is 25.1 Å². The number of thioether (sulfide) groups is 1. The summed E-state index contributed by atoms with van der Waals surface area (Å²) in [7, 11) is 0. The second-order valence-electron chi connectivity index (χ2n) is 7.24. The number of rotatable bonds is 15. The molecule has 0 aliphatic carbocycles. The summed E-state index contributed by atoms with van der Waals surface area (Å²) < 4.78 is 0. The number of carboxylic acid groups (broad SMARTS) is 1. The Morgan fingerprint density at radius 1 is 1.03 bits per heavy atom. The fraction of sp³-hybridized carbons (Fsp3) is 0.722. The van der Waals surface area contributed by atoms with Crippen LogP contribution < -0.4 is 33.2 Å². The number of carbonyl (C=O) groups is 4. The van der Waals surface area contributed by atoms with E-state index in [0.29, 0.717) is 31.6 Å². The lowest BCUT2D eigenvalue weighted by atomic mass is 10.0. The molecule has 10 N–H and O–H groups in total. The van der Waals surface area contributed by atoms with Crippen molar-refractivity contribution in [1.29, 1.82) is 0 Å². The fourth-order valence-electron chi connectivity index (χ4n) is 2.50. The number of hydrogen-bond acceptors (Lipinski definition) is 7. The maximum absolute atomic E-state index is 12.8. The first-order chi connectivity index (χ1) is 14.5. The van der Waals surface area contributed by atoms with Gasteiger partial charge in [-0.15, -0.1) is 0 Å². The van der Waals surface area contributed by atoms with Crippen molar-refractivity contribution in [2.24, 2.45) is 28.1 Å². The molecule has 0 spiro atoms. The molecule has 178 valence electrons. The number of guanidine groups is 1. The zero-order valence-electron chi connectivity index (χ0n) is 18.2. The third-order valence-electron chi connectivity index (χ3n) is 4.21. The highest BCUT2D eigenvalue weighted by Gasteiger charge is 2.29. The molecule has 3 atom stereocenters. The van der Waals surface area contributed by atoms with Crippen molar-refractivity contribution in [1.82, 2.24) is 16.0 Å². The number of hydrogen-bond donors (Lipinski definition) is 7. The molecule has 0 aliphatic heterocycles. The standard InChI is InChI=1S/C18H35N7O5S/c1-10(2)14(17(30)23-9-13(26)27)25-16(29)12(6-8-31-3)24-15(28)11(19)5-4-7-22-18(20)21/h10-12,14H,4-9,19H2,1-3H3,(H,23,30)(H,24,28)(H,25,29)(H,26,27)(H4,20,21,22). The molecule has 0 bridgehead atoms. The smallest absolute Gasteiger partial charge is 0.322 e. The van der Waals surface area contributed by atoms with Gasteiger partial charge in [0.25, 0.3) is 0 Å². The van der Waals surface area contributed by atoms with Crippen molar-refractivity contribution in [3.63, 3.8) is 0 Å². The molecule has 0 aromatic rings. The Balaban J connectivity index is 5.03. The topological polar surface area (TPSA) is 215 Å². The first-order valence-corrected chi connectivity index (χ1v) is 11.3. The van der Waals surface area contributed by atoms with E-state index in [-0.39, 0.29) is 11.9 Å². The van der Waals surface area contributed by atoms with Crippen LogP contribution in [0.3, 0.4) is 0 Å². The molecular weight excluding hydrogens is 426 g/mol. The molecule has 12 nitrogen and oxygen atoms in total. The van der Waals surface area contributed by atoms with Crippen LogP contribution in [0.1, 0.15) is 33.1 Å². The van der Waals surface area contributed by atoms with E-state index in [1.165, 1.54) is 11.8 Å². The van der Waals surface area contributed by atoms with E-state index >= 15 is 0 Å². The minimum Gasteiger partial charge on any atom is -0.480 e. The number of nitrogens with two attached hydrogens (primary N) is 3. The fourth-order valence-corrected chi connectivity index (χ4v) is 2.97. The van der Waals surface area contributed by atoms with Crippen molar-refractivity contribution in [3.8, 4) is 0 Å². The highest BCUT2D eigenvalue weighted by molar-refractivity contribution is 7.98. The van der Waals surface area contributed by atoms with Gasteiger partial charge in [-0.1, -0.05) is 13.8 Å². The first-order valence-electron chi connectivity index (χ1n) is 9.89. The monoisotopic (exact) mass is 461 g/mol. The van der Waals surface area contributed by atoms with E-state index in [2.05, 4.69) is 20.9 Å². The summed E-state index contributed by atoms with van der Waals surface area (Å²) in [6, 6.07) is -2.69. The minimum absolute atomic E-state index is 0.0427. The van der Waals surface area contributed by atoms with E-state index in [1.54, 1.807) is 13.8 Å². The number of carboxylic acids is 1. The number of carbonyl (C=O) groups excluding carboxylic acids is 3. The molecule has 0 aromatic carbocycles. The Hall–Kier alpha value is -2.54. The SMILES string of the molecule is CSCCC(NC(=O)C(N)CCCN=C(N)N)C(=O)NC(C(=O)NCC(=O)O)C(C)C. The highest BCUT2D eigenvalue weighted by Crippen LogP contribution is 2.07. The highest BCUT2D eigenvalue weighted by atomic mass is 32.2. The van der Waals surface area contributed by atoms with Crippen LogP contribution in [0.4, 0.5) is 0 Å². The number of nitrogens with zero attached hydrogens (tertiary/aromatic N) is 1. The second-order valence-corrected chi connectivity index (χ2v) is 8.23. The van der Waals surface area contributed by atoms with Crippen molar-refractivity contribution in [2.45, 2.75) is 51.2 Å². The third kappa shape index (κ3) is 12.7. The van der Waals surface area contributed by atoms with Gasteiger partial charge in [0.2, 0.25) is 17.7 Å². The molecule has 0 saturated heterocycles. The van der Waals surface area contributed by atoms with E-state index in [4.69, 9.17) is 22.3 Å². The average molecular weight is 462 g/mol. The average Bonchev–Trinajstić information content (AvgIpc) is 2.69. The quantitative estimate of drug-likeness (QED) is 0.0810. The van der Waals surface area contributed by atoms with Gasteiger partial charge >= 0.3 is 5.97 Å². The van der Waals surface area contributed by atoms with Crippen LogP contribution in [0.15, 0.2) is 4.99 Å². The Bertz CT molecular complexity index is 641. The number of aliphatic imine (C=N–C) groups is 1. The van der Waals surface area contributed by atoms with E-state index in [0.717, 1.165) is 0 Å². The van der Waals surface area contributed by atoms with Gasteiger partial charge < -0.3 is 38.3 Å². The van der Waals surface area contributed by atoms with Crippen LogP contribution in [0.25, 0.3) is 0 Å². The summed E-state index contributed by atoms with van der Waals surface area (Å²) in [5.74, 6) is -2.60. The van der Waals surface area contributed by atoms with Gasteiger partial charge in [-0.2, -0.15) is 11.8 Å². The lowest BCUT2D eigenvalue weighted by Crippen LogP contribution is -2.57. The molecule has 0 saturated carbocycles.